The van der Waals surface area contributed by atoms with E-state index in [0.717, 1.165) is 24.5 Å². The van der Waals surface area contributed by atoms with Crippen LogP contribution in [0.3, 0.4) is 0 Å². The second-order valence-corrected chi connectivity index (χ2v) is 4.42. The van der Waals surface area contributed by atoms with Crippen LogP contribution in [0.15, 0.2) is 24.3 Å². The Morgan fingerprint density at radius 1 is 1.25 bits per heavy atom. The van der Waals surface area contributed by atoms with Crippen molar-refractivity contribution in [3.05, 3.63) is 24.3 Å². The van der Waals surface area contributed by atoms with Gasteiger partial charge in [0.05, 0.1) is 24.0 Å². The molecule has 0 bridgehead atoms. The molecule has 1 N–H and O–H groups in total. The van der Waals surface area contributed by atoms with E-state index in [1.807, 2.05) is 35.0 Å². The first kappa shape index (κ1) is 9.66. The summed E-state index contributed by atoms with van der Waals surface area (Å²) < 4.78 is 0. The van der Waals surface area contributed by atoms with Crippen molar-refractivity contribution in [1.82, 2.24) is 5.32 Å². The first-order chi connectivity index (χ1) is 7.77. The van der Waals surface area contributed by atoms with Gasteiger partial charge in [0, 0.05) is 20.1 Å². The van der Waals surface area contributed by atoms with Crippen molar-refractivity contribution in [1.29, 1.82) is 0 Å². The lowest BCUT2D eigenvalue weighted by atomic mass is 10.1. The first-order valence-electron chi connectivity index (χ1n) is 5.60. The van der Waals surface area contributed by atoms with Crippen LogP contribution in [0.5, 0.6) is 0 Å². The quantitative estimate of drug-likeness (QED) is 0.741. The fraction of sp³-hybridized carbons (Fsp3) is 0.417. The van der Waals surface area contributed by atoms with E-state index in [-0.39, 0.29) is 5.91 Å². The highest BCUT2D eigenvalue weighted by Gasteiger charge is 2.35. The third kappa shape index (κ3) is 1.30. The van der Waals surface area contributed by atoms with Crippen molar-refractivity contribution in [2.24, 2.45) is 0 Å². The number of nitrogens with one attached hydrogen (secondary N) is 1. The molecule has 0 unspecified atom stereocenters. The van der Waals surface area contributed by atoms with Gasteiger partial charge in [0.2, 0.25) is 5.91 Å². The Hall–Kier alpha value is -1.55. The van der Waals surface area contributed by atoms with Gasteiger partial charge in [0.25, 0.3) is 0 Å². The molecule has 0 atom stereocenters. The van der Waals surface area contributed by atoms with E-state index in [4.69, 9.17) is 0 Å². The van der Waals surface area contributed by atoms with Gasteiger partial charge in [-0.25, -0.2) is 0 Å². The number of para-hydroxylation sites is 2. The molecule has 2 heterocycles. The number of hydrogen-bond acceptors (Lipinski definition) is 3. The first-order valence-corrected chi connectivity index (χ1v) is 5.60. The van der Waals surface area contributed by atoms with Crippen molar-refractivity contribution in [3.63, 3.8) is 0 Å². The lowest BCUT2D eigenvalue weighted by Crippen LogP contribution is -2.62. The van der Waals surface area contributed by atoms with Gasteiger partial charge in [-0.15, -0.1) is 0 Å². The van der Waals surface area contributed by atoms with Crippen LogP contribution in [0.1, 0.15) is 0 Å². The maximum Gasteiger partial charge on any atom is 0.246 e. The number of rotatable bonds is 1. The van der Waals surface area contributed by atoms with E-state index in [1.54, 1.807) is 0 Å². The number of likely N-dealkylation sites (N-methyl/N-ethyl adjacent to an activating group) is 1. The summed E-state index contributed by atoms with van der Waals surface area (Å²) in [4.78, 5) is 16.0. The van der Waals surface area contributed by atoms with E-state index in [9.17, 15) is 4.79 Å². The number of fused-ring (bicyclic) bond motifs is 1. The fourth-order valence-electron chi connectivity index (χ4n) is 2.35. The van der Waals surface area contributed by atoms with Gasteiger partial charge in [-0.3, -0.25) is 4.79 Å². The lowest BCUT2D eigenvalue weighted by molar-refractivity contribution is -0.118. The Bertz CT molecular complexity index is 428. The van der Waals surface area contributed by atoms with Gasteiger partial charge in [-0.05, 0) is 12.1 Å². The molecular formula is C12H15N3O. The largest absolute Gasteiger partial charge is 0.364 e. The Morgan fingerprint density at radius 2 is 1.94 bits per heavy atom. The summed E-state index contributed by atoms with van der Waals surface area (Å²) in [5.41, 5.74) is 2.20. The monoisotopic (exact) mass is 217 g/mol. The van der Waals surface area contributed by atoms with Crippen LogP contribution in [0, 0.1) is 0 Å². The van der Waals surface area contributed by atoms with Crippen LogP contribution in [-0.4, -0.2) is 38.6 Å². The molecule has 84 valence electrons. The molecule has 1 aromatic carbocycles. The van der Waals surface area contributed by atoms with Crippen LogP contribution in [0.4, 0.5) is 11.4 Å². The number of carbonyl (C=O) groups excluding carboxylic acids is 1. The molecule has 1 aromatic rings. The number of nitrogens with zero attached hydrogens (tertiary/aromatic N) is 2. The Labute approximate surface area is 94.8 Å². The summed E-state index contributed by atoms with van der Waals surface area (Å²) in [6.45, 7) is 2.29. The Balaban J connectivity index is 2.04. The zero-order chi connectivity index (χ0) is 11.1. The third-order valence-electron chi connectivity index (χ3n) is 3.32. The molecule has 2 aliphatic heterocycles. The molecule has 2 aliphatic rings. The van der Waals surface area contributed by atoms with Crippen molar-refractivity contribution in [2.75, 3.05) is 36.5 Å². The average molecular weight is 217 g/mol. The molecule has 1 saturated heterocycles. The smallest absolute Gasteiger partial charge is 0.246 e. The summed E-state index contributed by atoms with van der Waals surface area (Å²) in [5, 5.41) is 3.21. The van der Waals surface area contributed by atoms with Crippen LogP contribution >= 0.6 is 0 Å². The van der Waals surface area contributed by atoms with Gasteiger partial charge in [0.1, 0.15) is 0 Å². The van der Waals surface area contributed by atoms with Crippen LogP contribution in [0.2, 0.25) is 0 Å². The topological polar surface area (TPSA) is 35.6 Å². The summed E-state index contributed by atoms with van der Waals surface area (Å²) in [6, 6.07) is 8.44. The van der Waals surface area contributed by atoms with E-state index in [0.29, 0.717) is 12.6 Å². The summed E-state index contributed by atoms with van der Waals surface area (Å²) >= 11 is 0. The molecule has 3 rings (SSSR count). The zero-order valence-corrected chi connectivity index (χ0v) is 9.31. The molecule has 1 amide bonds. The number of amides is 1. The number of benzene rings is 1. The third-order valence-corrected chi connectivity index (χ3v) is 3.32. The van der Waals surface area contributed by atoms with Crippen molar-refractivity contribution < 1.29 is 4.79 Å². The molecule has 0 aromatic heterocycles. The van der Waals surface area contributed by atoms with Crippen molar-refractivity contribution in [2.45, 2.75) is 6.04 Å². The molecule has 4 nitrogen and oxygen atoms in total. The van der Waals surface area contributed by atoms with Gasteiger partial charge in [0.15, 0.2) is 0 Å². The second-order valence-electron chi connectivity index (χ2n) is 4.42. The highest BCUT2D eigenvalue weighted by molar-refractivity contribution is 6.03. The van der Waals surface area contributed by atoms with Crippen LogP contribution in [0.25, 0.3) is 0 Å². The van der Waals surface area contributed by atoms with Crippen molar-refractivity contribution in [3.8, 4) is 0 Å². The zero-order valence-electron chi connectivity index (χ0n) is 9.31. The maximum absolute atomic E-state index is 12.1. The molecule has 0 aliphatic carbocycles. The van der Waals surface area contributed by atoms with E-state index in [1.165, 1.54) is 0 Å². The van der Waals surface area contributed by atoms with E-state index >= 15 is 0 Å². The maximum atomic E-state index is 12.1. The highest BCUT2D eigenvalue weighted by Crippen LogP contribution is 2.34. The van der Waals surface area contributed by atoms with Crippen LogP contribution in [-0.2, 0) is 4.79 Å². The van der Waals surface area contributed by atoms with Gasteiger partial charge >= 0.3 is 0 Å². The lowest BCUT2D eigenvalue weighted by Gasteiger charge is -2.43. The Kier molecular flexibility index (Phi) is 2.11. The van der Waals surface area contributed by atoms with Gasteiger partial charge < -0.3 is 15.1 Å². The fourth-order valence-corrected chi connectivity index (χ4v) is 2.35. The standard InChI is InChI=1S/C12H15N3O/c1-14-8-12(16)15(9-6-13-7-9)11-5-3-2-4-10(11)14/h2-5,9,13H,6-8H2,1H3. The van der Waals surface area contributed by atoms with Gasteiger partial charge in [-0.2, -0.15) is 0 Å². The molecule has 0 radical (unpaired) electrons. The predicted octanol–water partition coefficient (Wildman–Crippen LogP) is 0.441. The normalized spacial score (nSPS) is 20.7. The molecular weight excluding hydrogens is 202 g/mol. The van der Waals surface area contributed by atoms with Gasteiger partial charge in [-0.1, -0.05) is 12.1 Å². The predicted molar refractivity (Wildman–Crippen MR) is 63.9 cm³/mol. The van der Waals surface area contributed by atoms with E-state index < -0.39 is 0 Å². The molecule has 16 heavy (non-hydrogen) atoms. The van der Waals surface area contributed by atoms with Crippen molar-refractivity contribution >= 4 is 17.3 Å². The minimum Gasteiger partial charge on any atom is -0.364 e. The SMILES string of the molecule is CN1CC(=O)N(C2CNC2)c2ccccc21. The second kappa shape index (κ2) is 3.49. The minimum atomic E-state index is 0.202. The van der Waals surface area contributed by atoms with E-state index in [2.05, 4.69) is 11.4 Å². The molecule has 4 heteroatoms. The number of carbonyl (C=O) groups is 1. The summed E-state index contributed by atoms with van der Waals surface area (Å²) in [6.07, 6.45) is 0. The number of anilines is 2. The summed E-state index contributed by atoms with van der Waals surface area (Å²) in [5.74, 6) is 0.202. The summed E-state index contributed by atoms with van der Waals surface area (Å²) in [7, 11) is 1.97. The molecule has 0 spiro atoms. The minimum absolute atomic E-state index is 0.202. The molecule has 0 saturated carbocycles. The molecule has 1 fully saturated rings. The average Bonchev–Trinajstić information content (AvgIpc) is 2.21. The number of hydrogen-bond donors (Lipinski definition) is 1. The Morgan fingerprint density at radius 3 is 2.56 bits per heavy atom. The van der Waals surface area contributed by atoms with Crippen LogP contribution < -0.4 is 15.1 Å². The highest BCUT2D eigenvalue weighted by atomic mass is 16.2.